The molecule has 0 heterocycles. The first-order valence-corrected chi connectivity index (χ1v) is 7.82. The van der Waals surface area contributed by atoms with Gasteiger partial charge in [0.1, 0.15) is 0 Å². The molecule has 2 nitrogen and oxygen atoms in total. The minimum absolute atomic E-state index is 0.0448. The molecule has 0 saturated carbocycles. The lowest BCUT2D eigenvalue weighted by atomic mass is 9.87. The Morgan fingerprint density at radius 3 is 2.16 bits per heavy atom. The predicted octanol–water partition coefficient (Wildman–Crippen LogP) is 5.65. The van der Waals surface area contributed by atoms with Crippen LogP contribution in [-0.4, -0.2) is 5.91 Å². The number of amides is 1. The summed E-state index contributed by atoms with van der Waals surface area (Å²) >= 11 is 0. The number of halogens is 3. The van der Waals surface area contributed by atoms with Crippen LogP contribution in [0.4, 0.5) is 18.9 Å². The van der Waals surface area contributed by atoms with Crippen molar-refractivity contribution in [3.8, 4) is 0 Å². The van der Waals surface area contributed by atoms with Crippen molar-refractivity contribution in [2.24, 2.45) is 0 Å². The van der Waals surface area contributed by atoms with Crippen LogP contribution in [0.2, 0.25) is 0 Å². The van der Waals surface area contributed by atoms with Crippen molar-refractivity contribution in [1.29, 1.82) is 0 Å². The Morgan fingerprint density at radius 1 is 0.960 bits per heavy atom. The molecule has 0 unspecified atom stereocenters. The molecule has 0 fully saturated rings. The highest BCUT2D eigenvalue weighted by Gasteiger charge is 2.30. The minimum atomic E-state index is -4.44. The van der Waals surface area contributed by atoms with E-state index in [0.717, 1.165) is 17.7 Å². The molecule has 5 heteroatoms. The smallest absolute Gasteiger partial charge is 0.322 e. The molecule has 0 spiro atoms. The van der Waals surface area contributed by atoms with Crippen LogP contribution < -0.4 is 5.32 Å². The largest absolute Gasteiger partial charge is 0.416 e. The molecule has 25 heavy (non-hydrogen) atoms. The van der Waals surface area contributed by atoms with Gasteiger partial charge in [-0.3, -0.25) is 4.79 Å². The molecule has 1 amide bonds. The molecule has 0 aliphatic rings. The van der Waals surface area contributed by atoms with E-state index >= 15 is 0 Å². The van der Waals surface area contributed by atoms with Crippen LogP contribution in [0.25, 0.3) is 6.08 Å². The third kappa shape index (κ3) is 5.48. The van der Waals surface area contributed by atoms with Gasteiger partial charge in [-0.2, -0.15) is 13.2 Å². The van der Waals surface area contributed by atoms with Gasteiger partial charge in [0.25, 0.3) is 0 Å². The molecule has 1 N–H and O–H groups in total. The maximum absolute atomic E-state index is 12.7. The van der Waals surface area contributed by atoms with Crippen LogP contribution in [0.5, 0.6) is 0 Å². The Bertz CT molecular complexity index is 769. The Balaban J connectivity index is 2.04. The van der Waals surface area contributed by atoms with E-state index in [1.54, 1.807) is 6.08 Å². The van der Waals surface area contributed by atoms with E-state index in [1.807, 2.05) is 24.3 Å². The van der Waals surface area contributed by atoms with Crippen LogP contribution in [-0.2, 0) is 16.4 Å². The van der Waals surface area contributed by atoms with Crippen LogP contribution in [0, 0.1) is 0 Å². The molecular formula is C20H20F3NO. The Labute approximate surface area is 145 Å². The lowest BCUT2D eigenvalue weighted by molar-refractivity contribution is -0.137. The number of rotatable bonds is 3. The standard InChI is InChI=1S/C20H20F3NO/c1-19(2,3)15-10-7-14(8-11-15)9-12-18(25)24-17-6-4-5-16(13-17)20(21,22)23/h4-13H,1-3H3,(H,24,25)/b12-9+. The van der Waals surface area contributed by atoms with Crippen molar-refractivity contribution in [2.75, 3.05) is 5.32 Å². The first-order valence-electron chi connectivity index (χ1n) is 7.82. The van der Waals surface area contributed by atoms with E-state index in [-0.39, 0.29) is 11.1 Å². The first kappa shape index (κ1) is 18.8. The van der Waals surface area contributed by atoms with Crippen molar-refractivity contribution >= 4 is 17.7 Å². The van der Waals surface area contributed by atoms with Gasteiger partial charge in [-0.1, -0.05) is 51.1 Å². The van der Waals surface area contributed by atoms with Gasteiger partial charge < -0.3 is 5.32 Å². The van der Waals surface area contributed by atoms with Crippen molar-refractivity contribution < 1.29 is 18.0 Å². The average Bonchev–Trinajstić information content (AvgIpc) is 2.52. The van der Waals surface area contributed by atoms with Crippen LogP contribution >= 0.6 is 0 Å². The lowest BCUT2D eigenvalue weighted by Crippen LogP contribution is -2.10. The van der Waals surface area contributed by atoms with Gasteiger partial charge in [0, 0.05) is 11.8 Å². The number of hydrogen-bond acceptors (Lipinski definition) is 1. The summed E-state index contributed by atoms with van der Waals surface area (Å²) in [4.78, 5) is 11.9. The van der Waals surface area contributed by atoms with Gasteiger partial charge in [0.2, 0.25) is 5.91 Å². The van der Waals surface area contributed by atoms with E-state index in [0.29, 0.717) is 0 Å². The van der Waals surface area contributed by atoms with E-state index < -0.39 is 17.6 Å². The van der Waals surface area contributed by atoms with Gasteiger partial charge >= 0.3 is 6.18 Å². The third-order valence-corrected chi connectivity index (χ3v) is 3.66. The second-order valence-corrected chi connectivity index (χ2v) is 6.77. The predicted molar refractivity (Wildman–Crippen MR) is 94.2 cm³/mol. The quantitative estimate of drug-likeness (QED) is 0.714. The summed E-state index contributed by atoms with van der Waals surface area (Å²) in [5.74, 6) is -0.487. The number of carbonyl (C=O) groups is 1. The molecule has 0 aliphatic heterocycles. The lowest BCUT2D eigenvalue weighted by Gasteiger charge is -2.18. The maximum atomic E-state index is 12.7. The monoisotopic (exact) mass is 347 g/mol. The average molecular weight is 347 g/mol. The third-order valence-electron chi connectivity index (χ3n) is 3.66. The highest BCUT2D eigenvalue weighted by atomic mass is 19.4. The number of alkyl halides is 3. The summed E-state index contributed by atoms with van der Waals surface area (Å²) in [6, 6.07) is 12.3. The van der Waals surface area contributed by atoms with E-state index in [1.165, 1.54) is 23.8 Å². The van der Waals surface area contributed by atoms with E-state index in [2.05, 4.69) is 26.1 Å². The Morgan fingerprint density at radius 2 is 1.60 bits per heavy atom. The number of carbonyl (C=O) groups excluding carboxylic acids is 1. The second kappa shape index (κ2) is 7.13. The second-order valence-electron chi connectivity index (χ2n) is 6.77. The summed E-state index contributed by atoms with van der Waals surface area (Å²) in [5.41, 5.74) is 1.37. The van der Waals surface area contributed by atoms with Crippen LogP contribution in [0.1, 0.15) is 37.5 Å². The van der Waals surface area contributed by atoms with Gasteiger partial charge in [-0.05, 0) is 40.8 Å². The molecule has 0 saturated heterocycles. The SMILES string of the molecule is CC(C)(C)c1ccc(/C=C/C(=O)Nc2cccc(C(F)(F)F)c2)cc1. The van der Waals surface area contributed by atoms with Crippen LogP contribution in [0.3, 0.4) is 0 Å². The summed E-state index contributed by atoms with van der Waals surface area (Å²) in [7, 11) is 0. The fourth-order valence-corrected chi connectivity index (χ4v) is 2.22. The molecule has 132 valence electrons. The molecule has 0 aliphatic carbocycles. The zero-order valence-corrected chi connectivity index (χ0v) is 14.3. The van der Waals surface area contributed by atoms with Gasteiger partial charge in [0.05, 0.1) is 5.56 Å². The Hall–Kier alpha value is -2.56. The molecule has 2 aromatic carbocycles. The van der Waals surface area contributed by atoms with Gasteiger partial charge in [0.15, 0.2) is 0 Å². The zero-order chi connectivity index (χ0) is 18.7. The summed E-state index contributed by atoms with van der Waals surface area (Å²) in [5, 5.41) is 2.43. The number of benzene rings is 2. The summed E-state index contributed by atoms with van der Waals surface area (Å²) < 4.78 is 38.0. The van der Waals surface area contributed by atoms with E-state index in [9.17, 15) is 18.0 Å². The van der Waals surface area contributed by atoms with E-state index in [4.69, 9.17) is 0 Å². The normalized spacial score (nSPS) is 12.4. The van der Waals surface area contributed by atoms with Gasteiger partial charge in [-0.25, -0.2) is 0 Å². The topological polar surface area (TPSA) is 29.1 Å². The summed E-state index contributed by atoms with van der Waals surface area (Å²) in [6.07, 6.45) is -1.52. The molecule has 0 atom stereocenters. The summed E-state index contributed by atoms with van der Waals surface area (Å²) in [6.45, 7) is 6.33. The molecule has 2 aromatic rings. The molecule has 0 aromatic heterocycles. The number of anilines is 1. The van der Waals surface area contributed by atoms with Gasteiger partial charge in [-0.15, -0.1) is 0 Å². The molecule has 2 rings (SSSR count). The van der Waals surface area contributed by atoms with Crippen molar-refractivity contribution in [1.82, 2.24) is 0 Å². The molecular weight excluding hydrogens is 327 g/mol. The molecule has 0 bridgehead atoms. The number of nitrogens with one attached hydrogen (secondary N) is 1. The molecule has 0 radical (unpaired) electrons. The minimum Gasteiger partial charge on any atom is -0.322 e. The van der Waals surface area contributed by atoms with Crippen molar-refractivity contribution in [3.63, 3.8) is 0 Å². The fraction of sp³-hybridized carbons (Fsp3) is 0.250. The number of hydrogen-bond donors (Lipinski definition) is 1. The van der Waals surface area contributed by atoms with Crippen LogP contribution in [0.15, 0.2) is 54.6 Å². The zero-order valence-electron chi connectivity index (χ0n) is 14.3. The fourth-order valence-electron chi connectivity index (χ4n) is 2.22. The van der Waals surface area contributed by atoms with Crippen molar-refractivity contribution in [2.45, 2.75) is 32.4 Å². The first-order chi connectivity index (χ1) is 11.6. The highest BCUT2D eigenvalue weighted by molar-refractivity contribution is 6.01. The Kier molecular flexibility index (Phi) is 5.36. The van der Waals surface area contributed by atoms with Crippen molar-refractivity contribution in [3.05, 3.63) is 71.3 Å². The highest BCUT2D eigenvalue weighted by Crippen LogP contribution is 2.30. The maximum Gasteiger partial charge on any atom is 0.416 e.